The van der Waals surface area contributed by atoms with Crippen LogP contribution < -0.4 is 5.73 Å². The van der Waals surface area contributed by atoms with Crippen LogP contribution in [0.5, 0.6) is 0 Å². The molecule has 0 aliphatic carbocycles. The second kappa shape index (κ2) is 12.1. The zero-order chi connectivity index (χ0) is 20.2. The van der Waals surface area contributed by atoms with Gasteiger partial charge in [-0.3, -0.25) is 0 Å². The second-order valence-corrected chi connectivity index (χ2v) is 10.2. The molecule has 158 valence electrons. The largest absolute Gasteiger partial charge is 0.500 e. The van der Waals surface area contributed by atoms with E-state index in [0.29, 0.717) is 11.3 Å². The Hall–Kier alpha value is -1.55. The molecule has 0 saturated heterocycles. The van der Waals surface area contributed by atoms with Crippen LogP contribution in [0.2, 0.25) is 6.04 Å². The molecule has 0 spiro atoms. The predicted molar refractivity (Wildman–Crippen MR) is 113 cm³/mol. The van der Waals surface area contributed by atoms with Gasteiger partial charge in [-0.25, -0.2) is 15.0 Å². The third-order valence-electron chi connectivity index (χ3n) is 5.24. The zero-order valence-electron chi connectivity index (χ0n) is 17.5. The first kappa shape index (κ1) is 22.7. The Labute approximate surface area is 169 Å². The number of fused-ring (bicyclic) bond motifs is 1. The molecule has 0 radical (unpaired) electrons. The van der Waals surface area contributed by atoms with Crippen molar-refractivity contribution in [1.29, 1.82) is 0 Å². The maximum atomic E-state index is 5.82. The number of hydrogen-bond donors (Lipinski definition) is 1. The van der Waals surface area contributed by atoms with Gasteiger partial charge in [0.15, 0.2) is 11.5 Å². The molecular weight excluding hydrogens is 374 g/mol. The first-order valence-corrected chi connectivity index (χ1v) is 12.2. The molecule has 0 aliphatic rings. The summed E-state index contributed by atoms with van der Waals surface area (Å²) in [4.78, 5) is 12.6. The van der Waals surface area contributed by atoms with Gasteiger partial charge in [0.05, 0.1) is 6.33 Å². The molecule has 0 atom stereocenters. The van der Waals surface area contributed by atoms with E-state index in [2.05, 4.69) is 19.5 Å². The van der Waals surface area contributed by atoms with Crippen LogP contribution in [0, 0.1) is 0 Å². The van der Waals surface area contributed by atoms with Crippen molar-refractivity contribution >= 4 is 25.8 Å². The van der Waals surface area contributed by atoms with E-state index < -0.39 is 8.80 Å². The number of nitrogen functional groups attached to an aromatic ring is 1. The molecule has 0 aliphatic heterocycles. The van der Waals surface area contributed by atoms with Crippen molar-refractivity contribution in [3.05, 3.63) is 12.7 Å². The molecule has 0 aromatic carbocycles. The monoisotopic (exact) mass is 409 g/mol. The fraction of sp³-hybridized carbons (Fsp3) is 0.737. The lowest BCUT2D eigenvalue weighted by molar-refractivity contribution is 0.122. The van der Waals surface area contributed by atoms with E-state index in [1.165, 1.54) is 51.3 Å². The van der Waals surface area contributed by atoms with E-state index in [0.717, 1.165) is 31.1 Å². The first-order chi connectivity index (χ1) is 13.7. The summed E-state index contributed by atoms with van der Waals surface area (Å²) in [7, 11) is 2.66. The van der Waals surface area contributed by atoms with Crippen LogP contribution in [0.3, 0.4) is 0 Å². The van der Waals surface area contributed by atoms with Gasteiger partial charge in [0, 0.05) is 33.9 Å². The summed E-state index contributed by atoms with van der Waals surface area (Å²) in [6, 6.07) is 0.899. The molecule has 28 heavy (non-hydrogen) atoms. The number of unbranched alkanes of at least 4 members (excludes halogenated alkanes) is 8. The predicted octanol–water partition coefficient (Wildman–Crippen LogP) is 3.80. The number of nitrogens with two attached hydrogens (primary N) is 1. The van der Waals surface area contributed by atoms with Crippen molar-refractivity contribution in [2.75, 3.05) is 27.1 Å². The number of hydrogen-bond acceptors (Lipinski definition) is 7. The van der Waals surface area contributed by atoms with Gasteiger partial charge in [-0.1, -0.05) is 44.9 Å². The van der Waals surface area contributed by atoms with E-state index >= 15 is 0 Å². The van der Waals surface area contributed by atoms with Gasteiger partial charge in [-0.15, -0.1) is 0 Å². The van der Waals surface area contributed by atoms with Crippen molar-refractivity contribution in [2.45, 2.75) is 70.4 Å². The average Bonchev–Trinajstić information content (AvgIpc) is 3.14. The molecule has 0 amide bonds. The summed E-state index contributed by atoms with van der Waals surface area (Å²) in [6.45, 7) is 0.928. The van der Waals surface area contributed by atoms with E-state index in [1.807, 2.05) is 6.33 Å². The first-order valence-electron chi connectivity index (χ1n) is 10.2. The summed E-state index contributed by atoms with van der Waals surface area (Å²) >= 11 is 0. The minimum absolute atomic E-state index is 0.448. The topological polar surface area (TPSA) is 97.3 Å². The average molecular weight is 410 g/mol. The van der Waals surface area contributed by atoms with Crippen molar-refractivity contribution in [3.8, 4) is 0 Å². The number of aromatic nitrogens is 4. The molecule has 0 bridgehead atoms. The molecule has 8 nitrogen and oxygen atoms in total. The molecule has 2 heterocycles. The van der Waals surface area contributed by atoms with Crippen molar-refractivity contribution in [1.82, 2.24) is 19.5 Å². The lowest BCUT2D eigenvalue weighted by atomic mass is 10.1. The quantitative estimate of drug-likeness (QED) is 0.353. The Bertz CT molecular complexity index is 685. The molecule has 2 aromatic heterocycles. The van der Waals surface area contributed by atoms with Crippen molar-refractivity contribution < 1.29 is 13.3 Å². The molecule has 2 N–H and O–H groups in total. The fourth-order valence-corrected chi connectivity index (χ4v) is 5.28. The summed E-state index contributed by atoms with van der Waals surface area (Å²) < 4.78 is 18.4. The third-order valence-corrected chi connectivity index (χ3v) is 8.08. The maximum absolute atomic E-state index is 5.82. The summed E-state index contributed by atoms with van der Waals surface area (Å²) in [5, 5.41) is 0. The number of imidazole rings is 1. The highest BCUT2D eigenvalue weighted by atomic mass is 28.4. The van der Waals surface area contributed by atoms with Gasteiger partial charge in [0.25, 0.3) is 0 Å². The minimum atomic E-state index is -2.37. The van der Waals surface area contributed by atoms with Crippen molar-refractivity contribution in [3.63, 3.8) is 0 Å². The van der Waals surface area contributed by atoms with Gasteiger partial charge in [-0.05, 0) is 12.8 Å². The van der Waals surface area contributed by atoms with Gasteiger partial charge < -0.3 is 23.6 Å². The fourth-order valence-electron chi connectivity index (χ4n) is 3.48. The van der Waals surface area contributed by atoms with Crippen molar-refractivity contribution in [2.24, 2.45) is 0 Å². The smallest absolute Gasteiger partial charge is 0.382 e. The zero-order valence-corrected chi connectivity index (χ0v) is 18.5. The molecule has 0 saturated carbocycles. The Balaban J connectivity index is 1.48. The Morgan fingerprint density at radius 3 is 2.00 bits per heavy atom. The Kier molecular flexibility index (Phi) is 9.83. The van der Waals surface area contributed by atoms with Gasteiger partial charge in [0.2, 0.25) is 0 Å². The SMILES string of the molecule is CO[Si](CCCCCCCCCCCn1cnc2c(N)ncnc21)(OC)OC. The van der Waals surface area contributed by atoms with Crippen LogP contribution in [-0.2, 0) is 19.8 Å². The van der Waals surface area contributed by atoms with Crippen LogP contribution >= 0.6 is 0 Å². The summed E-state index contributed by atoms with van der Waals surface area (Å²) in [6.07, 6.45) is 14.4. The minimum Gasteiger partial charge on any atom is -0.382 e. The molecule has 0 unspecified atom stereocenters. The van der Waals surface area contributed by atoms with Gasteiger partial charge in [-0.2, -0.15) is 0 Å². The van der Waals surface area contributed by atoms with E-state index in [-0.39, 0.29) is 0 Å². The molecule has 2 rings (SSSR count). The lowest BCUT2D eigenvalue weighted by Crippen LogP contribution is -2.42. The Morgan fingerprint density at radius 2 is 1.39 bits per heavy atom. The number of anilines is 1. The van der Waals surface area contributed by atoms with E-state index in [1.54, 1.807) is 21.3 Å². The van der Waals surface area contributed by atoms with E-state index in [9.17, 15) is 0 Å². The van der Waals surface area contributed by atoms with Crippen LogP contribution in [-0.4, -0.2) is 49.7 Å². The molecule has 2 aromatic rings. The van der Waals surface area contributed by atoms with Crippen LogP contribution in [0.4, 0.5) is 5.82 Å². The number of nitrogens with zero attached hydrogens (tertiary/aromatic N) is 4. The summed E-state index contributed by atoms with van der Waals surface area (Å²) in [5.41, 5.74) is 7.35. The second-order valence-electron chi connectivity index (χ2n) is 7.10. The number of rotatable bonds is 15. The standard InChI is InChI=1S/C19H35N5O3Si/c1-25-28(26-2,27-3)14-12-10-8-6-4-5-7-9-11-13-24-16-23-17-18(20)21-15-22-19(17)24/h15-16H,4-14H2,1-3H3,(H2,20,21,22). The molecule has 9 heteroatoms. The summed E-state index contributed by atoms with van der Waals surface area (Å²) in [5.74, 6) is 0.448. The highest BCUT2D eigenvalue weighted by Gasteiger charge is 2.36. The highest BCUT2D eigenvalue weighted by molar-refractivity contribution is 6.60. The van der Waals surface area contributed by atoms with Crippen LogP contribution in [0.25, 0.3) is 11.2 Å². The van der Waals surface area contributed by atoms with Gasteiger partial charge >= 0.3 is 8.80 Å². The van der Waals surface area contributed by atoms with Crippen LogP contribution in [0.1, 0.15) is 57.8 Å². The van der Waals surface area contributed by atoms with Crippen LogP contribution in [0.15, 0.2) is 12.7 Å². The lowest BCUT2D eigenvalue weighted by Gasteiger charge is -2.24. The molecule has 0 fully saturated rings. The highest BCUT2D eigenvalue weighted by Crippen LogP contribution is 2.19. The van der Waals surface area contributed by atoms with Gasteiger partial charge in [0.1, 0.15) is 11.8 Å². The Morgan fingerprint density at radius 1 is 0.821 bits per heavy atom. The third kappa shape index (κ3) is 6.51. The molecular formula is C19H35N5O3Si. The maximum Gasteiger partial charge on any atom is 0.500 e. The number of aryl methyl sites for hydroxylation is 1. The van der Waals surface area contributed by atoms with E-state index in [4.69, 9.17) is 19.0 Å². The normalized spacial score (nSPS) is 12.1.